The molecule has 5 heteroatoms. The van der Waals surface area contributed by atoms with Gasteiger partial charge in [0.25, 0.3) is 0 Å². The Balaban J connectivity index is 1.92. The van der Waals surface area contributed by atoms with Crippen LogP contribution >= 0.6 is 0 Å². The number of rotatable bonds is 5. The lowest BCUT2D eigenvalue weighted by Gasteiger charge is -2.23. The predicted octanol–water partition coefficient (Wildman–Crippen LogP) is 1.91. The summed E-state index contributed by atoms with van der Waals surface area (Å²) in [7, 11) is 0. The van der Waals surface area contributed by atoms with Gasteiger partial charge in [-0.1, -0.05) is 12.8 Å². The van der Waals surface area contributed by atoms with E-state index in [1.807, 2.05) is 13.8 Å². The quantitative estimate of drug-likeness (QED) is 0.865. The van der Waals surface area contributed by atoms with Crippen LogP contribution in [0.15, 0.2) is 12.4 Å². The molecule has 1 heterocycles. The third-order valence-corrected chi connectivity index (χ3v) is 3.05. The molecule has 100 valence electrons. The minimum atomic E-state index is -0.198. The molecule has 0 spiro atoms. The molecule has 0 aromatic carbocycles. The second-order valence-corrected chi connectivity index (χ2v) is 5.22. The molecule has 0 aliphatic heterocycles. The molecule has 0 saturated heterocycles. The topological polar surface area (TPSA) is 70.3 Å². The molecule has 2 rings (SSSR count). The van der Waals surface area contributed by atoms with Crippen LogP contribution in [0.2, 0.25) is 0 Å². The van der Waals surface area contributed by atoms with Crippen molar-refractivity contribution in [1.29, 1.82) is 0 Å². The van der Waals surface area contributed by atoms with Crippen LogP contribution in [0.4, 0.5) is 0 Å². The first-order valence-electron chi connectivity index (χ1n) is 6.48. The molecule has 0 amide bonds. The van der Waals surface area contributed by atoms with Crippen LogP contribution in [0, 0.1) is 0 Å². The highest BCUT2D eigenvalue weighted by molar-refractivity contribution is 5.13. The SMILES string of the molecule is CC(C)Oc1cncc(OCC2(N)CCCC2)n1. The lowest BCUT2D eigenvalue weighted by Crippen LogP contribution is -2.42. The van der Waals surface area contributed by atoms with E-state index in [-0.39, 0.29) is 11.6 Å². The zero-order valence-corrected chi connectivity index (χ0v) is 11.1. The zero-order chi connectivity index (χ0) is 13.0. The van der Waals surface area contributed by atoms with Crippen LogP contribution in [-0.2, 0) is 0 Å². The van der Waals surface area contributed by atoms with E-state index in [0.717, 1.165) is 12.8 Å². The maximum atomic E-state index is 6.22. The Morgan fingerprint density at radius 2 is 1.94 bits per heavy atom. The van der Waals surface area contributed by atoms with Gasteiger partial charge in [0.2, 0.25) is 11.8 Å². The molecule has 1 aromatic heterocycles. The fourth-order valence-electron chi connectivity index (χ4n) is 2.14. The van der Waals surface area contributed by atoms with E-state index in [4.69, 9.17) is 15.2 Å². The average molecular weight is 251 g/mol. The van der Waals surface area contributed by atoms with Gasteiger partial charge in [-0.25, -0.2) is 0 Å². The van der Waals surface area contributed by atoms with E-state index in [1.165, 1.54) is 12.8 Å². The van der Waals surface area contributed by atoms with Crippen molar-refractivity contribution in [3.05, 3.63) is 12.4 Å². The summed E-state index contributed by atoms with van der Waals surface area (Å²) in [6.07, 6.45) is 7.65. The van der Waals surface area contributed by atoms with E-state index in [2.05, 4.69) is 9.97 Å². The van der Waals surface area contributed by atoms with Gasteiger partial charge in [-0.3, -0.25) is 4.98 Å². The van der Waals surface area contributed by atoms with Gasteiger partial charge in [0, 0.05) is 0 Å². The van der Waals surface area contributed by atoms with Crippen molar-refractivity contribution < 1.29 is 9.47 Å². The standard InChI is InChI=1S/C13H21N3O2/c1-10(2)18-12-8-15-7-11(16-12)17-9-13(14)5-3-4-6-13/h7-8,10H,3-6,9,14H2,1-2H3. The largest absolute Gasteiger partial charge is 0.475 e. The van der Waals surface area contributed by atoms with Crippen molar-refractivity contribution >= 4 is 0 Å². The van der Waals surface area contributed by atoms with Gasteiger partial charge in [0.05, 0.1) is 24.0 Å². The van der Waals surface area contributed by atoms with Gasteiger partial charge in [0.1, 0.15) is 6.61 Å². The van der Waals surface area contributed by atoms with Crippen LogP contribution < -0.4 is 15.2 Å². The summed E-state index contributed by atoms with van der Waals surface area (Å²) < 4.78 is 11.1. The summed E-state index contributed by atoms with van der Waals surface area (Å²) in [6, 6.07) is 0. The van der Waals surface area contributed by atoms with Gasteiger partial charge in [0.15, 0.2) is 0 Å². The summed E-state index contributed by atoms with van der Waals surface area (Å²) in [6.45, 7) is 4.39. The minimum Gasteiger partial charge on any atom is -0.475 e. The number of aromatic nitrogens is 2. The van der Waals surface area contributed by atoms with E-state index in [9.17, 15) is 0 Å². The highest BCUT2D eigenvalue weighted by atomic mass is 16.5. The number of nitrogens with two attached hydrogens (primary N) is 1. The van der Waals surface area contributed by atoms with E-state index >= 15 is 0 Å². The molecular weight excluding hydrogens is 230 g/mol. The van der Waals surface area contributed by atoms with Gasteiger partial charge >= 0.3 is 0 Å². The molecule has 2 N–H and O–H groups in total. The highest BCUT2D eigenvalue weighted by Crippen LogP contribution is 2.27. The van der Waals surface area contributed by atoms with E-state index in [0.29, 0.717) is 18.4 Å². The Morgan fingerprint density at radius 3 is 2.61 bits per heavy atom. The van der Waals surface area contributed by atoms with E-state index < -0.39 is 0 Å². The molecule has 5 nitrogen and oxygen atoms in total. The molecule has 0 atom stereocenters. The van der Waals surface area contributed by atoms with Crippen molar-refractivity contribution in [2.75, 3.05) is 6.61 Å². The van der Waals surface area contributed by atoms with Crippen LogP contribution in [-0.4, -0.2) is 28.2 Å². The predicted molar refractivity (Wildman–Crippen MR) is 68.7 cm³/mol. The first-order valence-corrected chi connectivity index (χ1v) is 6.48. The molecule has 18 heavy (non-hydrogen) atoms. The van der Waals surface area contributed by atoms with Crippen molar-refractivity contribution in [3.63, 3.8) is 0 Å². The molecule has 1 aliphatic carbocycles. The fourth-order valence-corrected chi connectivity index (χ4v) is 2.14. The average Bonchev–Trinajstić information content (AvgIpc) is 2.74. The van der Waals surface area contributed by atoms with Crippen molar-refractivity contribution in [1.82, 2.24) is 9.97 Å². The molecule has 1 aliphatic rings. The Hall–Kier alpha value is -1.36. The first-order chi connectivity index (χ1) is 8.57. The number of hydrogen-bond acceptors (Lipinski definition) is 5. The molecule has 1 saturated carbocycles. The monoisotopic (exact) mass is 251 g/mol. The third-order valence-electron chi connectivity index (χ3n) is 3.05. The van der Waals surface area contributed by atoms with Crippen LogP contribution in [0.25, 0.3) is 0 Å². The molecule has 1 aromatic rings. The maximum absolute atomic E-state index is 6.22. The van der Waals surface area contributed by atoms with Crippen LogP contribution in [0.1, 0.15) is 39.5 Å². The highest BCUT2D eigenvalue weighted by Gasteiger charge is 2.30. The van der Waals surface area contributed by atoms with Gasteiger partial charge in [-0.2, -0.15) is 4.98 Å². The Morgan fingerprint density at radius 1 is 1.28 bits per heavy atom. The lowest BCUT2D eigenvalue weighted by molar-refractivity contribution is 0.200. The second-order valence-electron chi connectivity index (χ2n) is 5.22. The summed E-state index contributed by atoms with van der Waals surface area (Å²) in [5.41, 5.74) is 6.02. The summed E-state index contributed by atoms with van der Waals surface area (Å²) in [5, 5.41) is 0. The van der Waals surface area contributed by atoms with Gasteiger partial charge in [-0.15, -0.1) is 0 Å². The summed E-state index contributed by atoms with van der Waals surface area (Å²) in [5.74, 6) is 0.963. The first kappa shape index (κ1) is 13.1. The second kappa shape index (κ2) is 5.52. The zero-order valence-electron chi connectivity index (χ0n) is 11.1. The Bertz CT molecular complexity index is 390. The van der Waals surface area contributed by atoms with Crippen molar-refractivity contribution in [2.45, 2.75) is 51.2 Å². The van der Waals surface area contributed by atoms with Crippen molar-refractivity contribution in [3.8, 4) is 11.8 Å². The number of ether oxygens (including phenoxy) is 2. The molecule has 0 bridgehead atoms. The van der Waals surface area contributed by atoms with Crippen LogP contribution in [0.3, 0.4) is 0 Å². The molecule has 1 fully saturated rings. The fraction of sp³-hybridized carbons (Fsp3) is 0.692. The van der Waals surface area contributed by atoms with Crippen LogP contribution in [0.5, 0.6) is 11.8 Å². The summed E-state index contributed by atoms with van der Waals surface area (Å²) >= 11 is 0. The molecule has 0 unspecified atom stereocenters. The smallest absolute Gasteiger partial charge is 0.235 e. The maximum Gasteiger partial charge on any atom is 0.235 e. The van der Waals surface area contributed by atoms with Gasteiger partial charge < -0.3 is 15.2 Å². The number of hydrogen-bond donors (Lipinski definition) is 1. The lowest BCUT2D eigenvalue weighted by atomic mass is 10.0. The van der Waals surface area contributed by atoms with Crippen molar-refractivity contribution in [2.24, 2.45) is 5.73 Å². The third kappa shape index (κ3) is 3.57. The minimum absolute atomic E-state index is 0.0743. The Labute approximate surface area is 108 Å². The summed E-state index contributed by atoms with van der Waals surface area (Å²) in [4.78, 5) is 8.29. The Kier molecular flexibility index (Phi) is 4.01. The van der Waals surface area contributed by atoms with E-state index in [1.54, 1.807) is 12.4 Å². The molecular formula is C13H21N3O2. The number of nitrogens with zero attached hydrogens (tertiary/aromatic N) is 2. The molecule has 0 radical (unpaired) electrons. The normalized spacial score (nSPS) is 18.0. The van der Waals surface area contributed by atoms with Gasteiger partial charge in [-0.05, 0) is 26.7 Å².